The fourth-order valence-corrected chi connectivity index (χ4v) is 4.47. The molecule has 5 aromatic carbocycles. The summed E-state index contributed by atoms with van der Waals surface area (Å²) in [7, 11) is 0. The first-order chi connectivity index (χ1) is 14.9. The molecule has 0 spiro atoms. The molecule has 30 heavy (non-hydrogen) atoms. The van der Waals surface area contributed by atoms with Crippen LogP contribution >= 0.6 is 0 Å². The van der Waals surface area contributed by atoms with Crippen LogP contribution in [0.1, 0.15) is 0 Å². The number of aromatic amines is 1. The predicted octanol–water partition coefficient (Wildman–Crippen LogP) is 7.88. The van der Waals surface area contributed by atoms with Gasteiger partial charge in [0, 0.05) is 38.3 Å². The van der Waals surface area contributed by atoms with Gasteiger partial charge in [0.25, 0.3) is 0 Å². The molecule has 0 bridgehead atoms. The highest BCUT2D eigenvalue weighted by molar-refractivity contribution is 6.27. The van der Waals surface area contributed by atoms with Gasteiger partial charge in [-0.2, -0.15) is 0 Å². The van der Waals surface area contributed by atoms with Crippen molar-refractivity contribution in [1.29, 1.82) is 0 Å². The number of H-pyrrole nitrogens is 1. The van der Waals surface area contributed by atoms with E-state index in [0.29, 0.717) is 0 Å². The maximum atomic E-state index is 3.75. The first kappa shape index (κ1) is 16.9. The lowest BCUT2D eigenvalue weighted by Crippen LogP contribution is -1.96. The van der Waals surface area contributed by atoms with Crippen molar-refractivity contribution in [3.63, 3.8) is 0 Å². The second-order valence-corrected chi connectivity index (χ2v) is 7.57. The minimum absolute atomic E-state index is 1.08. The molecule has 0 fully saturated rings. The van der Waals surface area contributed by atoms with Gasteiger partial charge in [0.2, 0.25) is 0 Å². The number of rotatable bonds is 3. The SMILES string of the molecule is c1ccc(Nc2c(-c3ccccc3)c3c4ccccc4[nH]c3c3ccccc23)cc1. The van der Waals surface area contributed by atoms with Crippen molar-refractivity contribution in [1.82, 2.24) is 4.98 Å². The molecule has 0 saturated carbocycles. The van der Waals surface area contributed by atoms with Gasteiger partial charge in [0.05, 0.1) is 11.2 Å². The molecule has 6 rings (SSSR count). The Morgan fingerprint density at radius 3 is 1.90 bits per heavy atom. The molecule has 1 heterocycles. The van der Waals surface area contributed by atoms with Crippen LogP contribution in [0.4, 0.5) is 11.4 Å². The molecule has 0 radical (unpaired) electrons. The Bertz CT molecular complexity index is 1500. The van der Waals surface area contributed by atoms with Gasteiger partial charge in [-0.15, -0.1) is 0 Å². The van der Waals surface area contributed by atoms with Crippen LogP contribution in [-0.2, 0) is 0 Å². The van der Waals surface area contributed by atoms with Crippen LogP contribution in [0.5, 0.6) is 0 Å². The third-order valence-corrected chi connectivity index (χ3v) is 5.78. The van der Waals surface area contributed by atoms with Gasteiger partial charge in [-0.05, 0) is 23.8 Å². The first-order valence-corrected chi connectivity index (χ1v) is 10.2. The third-order valence-electron chi connectivity index (χ3n) is 5.78. The van der Waals surface area contributed by atoms with E-state index in [1.165, 1.54) is 38.2 Å². The Balaban J connectivity index is 1.83. The van der Waals surface area contributed by atoms with Crippen molar-refractivity contribution in [3.8, 4) is 11.1 Å². The topological polar surface area (TPSA) is 27.8 Å². The third kappa shape index (κ3) is 2.58. The van der Waals surface area contributed by atoms with Gasteiger partial charge in [-0.25, -0.2) is 0 Å². The number of nitrogens with one attached hydrogen (secondary N) is 2. The summed E-state index contributed by atoms with van der Waals surface area (Å²) >= 11 is 0. The van der Waals surface area contributed by atoms with E-state index in [0.717, 1.165) is 16.9 Å². The lowest BCUT2D eigenvalue weighted by atomic mass is 9.92. The fraction of sp³-hybridized carbons (Fsp3) is 0. The summed E-state index contributed by atoms with van der Waals surface area (Å²) in [5, 5.41) is 8.68. The molecule has 0 aliphatic rings. The quantitative estimate of drug-likeness (QED) is 0.319. The number of hydrogen-bond donors (Lipinski definition) is 2. The van der Waals surface area contributed by atoms with Crippen molar-refractivity contribution in [2.24, 2.45) is 0 Å². The Hall–Kier alpha value is -4.04. The Labute approximate surface area is 174 Å². The zero-order chi connectivity index (χ0) is 19.9. The Morgan fingerprint density at radius 2 is 1.13 bits per heavy atom. The van der Waals surface area contributed by atoms with Crippen LogP contribution in [0.15, 0.2) is 109 Å². The fourth-order valence-electron chi connectivity index (χ4n) is 4.47. The molecule has 2 nitrogen and oxygen atoms in total. The number of aromatic nitrogens is 1. The summed E-state index contributed by atoms with van der Waals surface area (Å²) < 4.78 is 0. The van der Waals surface area contributed by atoms with E-state index < -0.39 is 0 Å². The minimum Gasteiger partial charge on any atom is -0.354 e. The molecule has 0 unspecified atom stereocenters. The number of benzene rings is 5. The molecule has 6 aromatic rings. The van der Waals surface area contributed by atoms with Crippen LogP contribution < -0.4 is 5.32 Å². The molecule has 0 aliphatic heterocycles. The monoisotopic (exact) mass is 384 g/mol. The van der Waals surface area contributed by atoms with E-state index in [1.54, 1.807) is 0 Å². The number of anilines is 2. The minimum atomic E-state index is 1.08. The van der Waals surface area contributed by atoms with E-state index in [2.05, 4.69) is 113 Å². The van der Waals surface area contributed by atoms with Crippen molar-refractivity contribution >= 4 is 44.0 Å². The zero-order valence-electron chi connectivity index (χ0n) is 16.4. The first-order valence-electron chi connectivity index (χ1n) is 10.2. The van der Waals surface area contributed by atoms with Crippen molar-refractivity contribution in [3.05, 3.63) is 109 Å². The summed E-state index contributed by atoms with van der Waals surface area (Å²) in [6, 6.07) is 38.3. The van der Waals surface area contributed by atoms with E-state index in [1.807, 2.05) is 6.07 Å². The van der Waals surface area contributed by atoms with Crippen LogP contribution in [-0.4, -0.2) is 4.98 Å². The van der Waals surface area contributed by atoms with Gasteiger partial charge in [-0.3, -0.25) is 0 Å². The molecule has 142 valence electrons. The average molecular weight is 384 g/mol. The highest BCUT2D eigenvalue weighted by atomic mass is 14.9. The number of fused-ring (bicyclic) bond motifs is 5. The smallest absolute Gasteiger partial charge is 0.0552 e. The maximum Gasteiger partial charge on any atom is 0.0552 e. The molecule has 1 aromatic heterocycles. The lowest BCUT2D eigenvalue weighted by molar-refractivity contribution is 1.55. The molecule has 0 atom stereocenters. The molecule has 0 saturated heterocycles. The highest BCUT2D eigenvalue weighted by Crippen LogP contribution is 2.46. The van der Waals surface area contributed by atoms with Crippen LogP contribution in [0.2, 0.25) is 0 Å². The van der Waals surface area contributed by atoms with Gasteiger partial charge < -0.3 is 10.3 Å². The van der Waals surface area contributed by atoms with E-state index in [4.69, 9.17) is 0 Å². The lowest BCUT2D eigenvalue weighted by Gasteiger charge is -2.18. The molecule has 0 aliphatic carbocycles. The van der Waals surface area contributed by atoms with Gasteiger partial charge in [-0.1, -0.05) is 91.0 Å². The molecular formula is C28H20N2. The van der Waals surface area contributed by atoms with Crippen LogP contribution in [0.3, 0.4) is 0 Å². The van der Waals surface area contributed by atoms with Gasteiger partial charge in [0.15, 0.2) is 0 Å². The molecule has 2 heteroatoms. The molecular weight excluding hydrogens is 364 g/mol. The molecule has 2 N–H and O–H groups in total. The second-order valence-electron chi connectivity index (χ2n) is 7.57. The maximum absolute atomic E-state index is 3.75. The van der Waals surface area contributed by atoms with Crippen molar-refractivity contribution < 1.29 is 0 Å². The van der Waals surface area contributed by atoms with E-state index in [9.17, 15) is 0 Å². The number of para-hydroxylation sites is 2. The highest BCUT2D eigenvalue weighted by Gasteiger charge is 2.19. The van der Waals surface area contributed by atoms with E-state index >= 15 is 0 Å². The van der Waals surface area contributed by atoms with Crippen LogP contribution in [0, 0.1) is 0 Å². The largest absolute Gasteiger partial charge is 0.354 e. The summed E-state index contributed by atoms with van der Waals surface area (Å²) in [6.45, 7) is 0. The van der Waals surface area contributed by atoms with E-state index in [-0.39, 0.29) is 0 Å². The zero-order valence-corrected chi connectivity index (χ0v) is 16.4. The van der Waals surface area contributed by atoms with Gasteiger partial charge in [0.1, 0.15) is 0 Å². The second kappa shape index (κ2) is 6.78. The van der Waals surface area contributed by atoms with Gasteiger partial charge >= 0.3 is 0 Å². The summed E-state index contributed by atoms with van der Waals surface area (Å²) in [4.78, 5) is 3.69. The summed E-state index contributed by atoms with van der Waals surface area (Å²) in [5.41, 5.74) is 7.00. The van der Waals surface area contributed by atoms with Crippen molar-refractivity contribution in [2.75, 3.05) is 5.32 Å². The Morgan fingerprint density at radius 1 is 0.533 bits per heavy atom. The summed E-state index contributed by atoms with van der Waals surface area (Å²) in [6.07, 6.45) is 0. The predicted molar refractivity (Wildman–Crippen MR) is 128 cm³/mol. The van der Waals surface area contributed by atoms with Crippen molar-refractivity contribution in [2.45, 2.75) is 0 Å². The Kier molecular flexibility index (Phi) is 3.82. The average Bonchev–Trinajstić information content (AvgIpc) is 3.20. The number of hydrogen-bond acceptors (Lipinski definition) is 1. The standard InChI is InChI=1S/C28H20N2/c1-3-11-19(12-4-1)25-26-23-17-9-10-18-24(23)30-28(26)22-16-8-7-15-21(22)27(25)29-20-13-5-2-6-14-20/h1-18,29-30H. The summed E-state index contributed by atoms with van der Waals surface area (Å²) in [5.74, 6) is 0. The molecule has 0 amide bonds. The van der Waals surface area contributed by atoms with Crippen LogP contribution in [0.25, 0.3) is 43.7 Å². The normalized spacial score (nSPS) is 11.3.